The lowest BCUT2D eigenvalue weighted by Crippen LogP contribution is -2.30. The fourth-order valence-corrected chi connectivity index (χ4v) is 3.42. The van der Waals surface area contributed by atoms with Crippen LogP contribution in [0.5, 0.6) is 0 Å². The van der Waals surface area contributed by atoms with Gasteiger partial charge in [0, 0.05) is 16.6 Å². The molecule has 3 rings (SSSR count). The molecule has 31 heavy (non-hydrogen) atoms. The molecule has 0 bridgehead atoms. The Balaban J connectivity index is 1.57. The lowest BCUT2D eigenvalue weighted by molar-refractivity contribution is -0.123. The van der Waals surface area contributed by atoms with Crippen molar-refractivity contribution in [2.24, 2.45) is 5.73 Å². The summed E-state index contributed by atoms with van der Waals surface area (Å²) in [5.41, 5.74) is 8.68. The number of nitrogens with one attached hydrogen (secondary N) is 2. The van der Waals surface area contributed by atoms with Gasteiger partial charge in [0.25, 0.3) is 5.91 Å². The summed E-state index contributed by atoms with van der Waals surface area (Å²) in [6.45, 7) is 3.57. The number of rotatable bonds is 7. The molecule has 0 unspecified atom stereocenters. The molecule has 1 aromatic heterocycles. The van der Waals surface area contributed by atoms with E-state index in [0.717, 1.165) is 17.7 Å². The van der Waals surface area contributed by atoms with Crippen molar-refractivity contribution in [2.45, 2.75) is 26.4 Å². The summed E-state index contributed by atoms with van der Waals surface area (Å²) < 4.78 is 5.22. The standard InChI is InChI=1S/C22H22N4O4S/c1-3-14-4-6-15(7-5-14)18-12-31-22(25-18)26-19(27)13(2)30-20(28)16-8-10-17(11-9-16)24-21(23)29/h4-13H,3H2,1-2H3,(H3,23,24,29)(H,25,26,27)/t13-/m0/s1. The van der Waals surface area contributed by atoms with E-state index < -0.39 is 24.0 Å². The molecule has 0 fully saturated rings. The van der Waals surface area contributed by atoms with Crippen LogP contribution in [0, 0.1) is 0 Å². The van der Waals surface area contributed by atoms with Gasteiger partial charge in [0.2, 0.25) is 0 Å². The van der Waals surface area contributed by atoms with E-state index in [1.165, 1.54) is 48.1 Å². The number of anilines is 2. The number of thiazole rings is 1. The van der Waals surface area contributed by atoms with Crippen molar-refractivity contribution in [3.63, 3.8) is 0 Å². The number of carbonyl (C=O) groups is 3. The highest BCUT2D eigenvalue weighted by molar-refractivity contribution is 7.14. The maximum Gasteiger partial charge on any atom is 0.338 e. The highest BCUT2D eigenvalue weighted by Crippen LogP contribution is 2.25. The van der Waals surface area contributed by atoms with Crippen LogP contribution in [0.4, 0.5) is 15.6 Å². The summed E-state index contributed by atoms with van der Waals surface area (Å²) in [6, 6.07) is 13.3. The van der Waals surface area contributed by atoms with Gasteiger partial charge in [-0.05, 0) is 43.2 Å². The molecule has 3 aromatic rings. The minimum atomic E-state index is -1.02. The number of nitrogens with two attached hydrogens (primary N) is 1. The summed E-state index contributed by atoms with van der Waals surface area (Å²) in [5, 5.41) is 7.34. The first-order chi connectivity index (χ1) is 14.9. The summed E-state index contributed by atoms with van der Waals surface area (Å²) in [5.74, 6) is -1.15. The molecule has 160 valence electrons. The molecular weight excluding hydrogens is 416 g/mol. The van der Waals surface area contributed by atoms with Crippen LogP contribution >= 0.6 is 11.3 Å². The first-order valence-corrected chi connectivity index (χ1v) is 10.5. The van der Waals surface area contributed by atoms with E-state index in [4.69, 9.17) is 10.5 Å². The predicted molar refractivity (Wildman–Crippen MR) is 120 cm³/mol. The van der Waals surface area contributed by atoms with Gasteiger partial charge in [-0.2, -0.15) is 0 Å². The lowest BCUT2D eigenvalue weighted by Gasteiger charge is -2.12. The fourth-order valence-electron chi connectivity index (χ4n) is 2.70. The van der Waals surface area contributed by atoms with Gasteiger partial charge in [0.15, 0.2) is 11.2 Å². The molecule has 0 saturated heterocycles. The van der Waals surface area contributed by atoms with E-state index in [1.54, 1.807) is 0 Å². The van der Waals surface area contributed by atoms with Gasteiger partial charge in [-0.1, -0.05) is 31.2 Å². The topological polar surface area (TPSA) is 123 Å². The zero-order chi connectivity index (χ0) is 22.4. The predicted octanol–water partition coefficient (Wildman–Crippen LogP) is 4.05. The number of nitrogens with zero attached hydrogens (tertiary/aromatic N) is 1. The second kappa shape index (κ2) is 9.86. The second-order valence-corrected chi connectivity index (χ2v) is 7.55. The summed E-state index contributed by atoms with van der Waals surface area (Å²) in [7, 11) is 0. The molecule has 0 saturated carbocycles. The minimum absolute atomic E-state index is 0.238. The molecule has 3 amide bonds. The molecule has 0 aliphatic heterocycles. The largest absolute Gasteiger partial charge is 0.449 e. The average molecular weight is 439 g/mol. The molecule has 1 heterocycles. The van der Waals surface area contributed by atoms with Gasteiger partial charge in [-0.25, -0.2) is 14.6 Å². The number of hydrogen-bond acceptors (Lipinski definition) is 6. The summed E-state index contributed by atoms with van der Waals surface area (Å²) >= 11 is 1.29. The third kappa shape index (κ3) is 5.89. The molecular formula is C22H22N4O4S. The van der Waals surface area contributed by atoms with Crippen LogP contribution in [0.3, 0.4) is 0 Å². The maximum absolute atomic E-state index is 12.4. The van der Waals surface area contributed by atoms with E-state index in [-0.39, 0.29) is 5.56 Å². The van der Waals surface area contributed by atoms with Crippen LogP contribution in [0.1, 0.15) is 29.8 Å². The van der Waals surface area contributed by atoms with Crippen molar-refractivity contribution in [3.8, 4) is 11.3 Å². The van der Waals surface area contributed by atoms with Gasteiger partial charge >= 0.3 is 12.0 Å². The number of urea groups is 1. The fraction of sp³-hybridized carbons (Fsp3) is 0.182. The second-order valence-electron chi connectivity index (χ2n) is 6.69. The number of amides is 3. The third-order valence-electron chi connectivity index (χ3n) is 4.43. The van der Waals surface area contributed by atoms with Crippen LogP contribution in [0.2, 0.25) is 0 Å². The monoisotopic (exact) mass is 438 g/mol. The normalized spacial score (nSPS) is 11.4. The number of benzene rings is 2. The quantitative estimate of drug-likeness (QED) is 0.480. The highest BCUT2D eigenvalue weighted by atomic mass is 32.1. The van der Waals surface area contributed by atoms with Crippen molar-refractivity contribution >= 4 is 40.1 Å². The van der Waals surface area contributed by atoms with Crippen LogP contribution in [-0.2, 0) is 16.0 Å². The highest BCUT2D eigenvalue weighted by Gasteiger charge is 2.20. The SMILES string of the molecule is CCc1ccc(-c2csc(NC(=O)[C@H](C)OC(=O)c3ccc(NC(N)=O)cc3)n2)cc1. The zero-order valence-electron chi connectivity index (χ0n) is 17.0. The Hall–Kier alpha value is -3.72. The van der Waals surface area contributed by atoms with Crippen molar-refractivity contribution in [1.29, 1.82) is 0 Å². The average Bonchev–Trinajstić information content (AvgIpc) is 3.22. The molecule has 0 aliphatic rings. The van der Waals surface area contributed by atoms with E-state index in [9.17, 15) is 14.4 Å². The maximum atomic E-state index is 12.4. The van der Waals surface area contributed by atoms with Crippen molar-refractivity contribution < 1.29 is 19.1 Å². The Morgan fingerprint density at radius 1 is 1.06 bits per heavy atom. The van der Waals surface area contributed by atoms with E-state index in [1.807, 2.05) is 29.6 Å². The Kier molecular flexibility index (Phi) is 6.99. The molecule has 0 aliphatic carbocycles. The number of ether oxygens (including phenoxy) is 1. The smallest absolute Gasteiger partial charge is 0.338 e. The molecule has 1 atom stereocenters. The Morgan fingerprint density at radius 2 is 1.74 bits per heavy atom. The van der Waals surface area contributed by atoms with Gasteiger partial charge in [0.1, 0.15) is 0 Å². The number of esters is 1. The van der Waals surface area contributed by atoms with Crippen molar-refractivity contribution in [2.75, 3.05) is 10.6 Å². The molecule has 9 heteroatoms. The van der Waals surface area contributed by atoms with Crippen molar-refractivity contribution in [3.05, 3.63) is 65.0 Å². The number of aryl methyl sites for hydroxylation is 1. The van der Waals surface area contributed by atoms with Gasteiger partial charge in [0.05, 0.1) is 11.3 Å². The number of aromatic nitrogens is 1. The lowest BCUT2D eigenvalue weighted by atomic mass is 10.1. The Labute approximate surface area is 183 Å². The van der Waals surface area contributed by atoms with E-state index >= 15 is 0 Å². The number of carbonyl (C=O) groups excluding carboxylic acids is 3. The van der Waals surface area contributed by atoms with Crippen molar-refractivity contribution in [1.82, 2.24) is 4.98 Å². The van der Waals surface area contributed by atoms with Gasteiger partial charge < -0.3 is 15.8 Å². The molecule has 4 N–H and O–H groups in total. The molecule has 0 radical (unpaired) electrons. The van der Waals surface area contributed by atoms with Crippen LogP contribution in [0.15, 0.2) is 53.9 Å². The Morgan fingerprint density at radius 3 is 2.35 bits per heavy atom. The molecule has 8 nitrogen and oxygen atoms in total. The van der Waals surface area contributed by atoms with Crippen LogP contribution < -0.4 is 16.4 Å². The first kappa shape index (κ1) is 22.0. The molecule has 2 aromatic carbocycles. The third-order valence-corrected chi connectivity index (χ3v) is 5.19. The number of primary amides is 1. The van der Waals surface area contributed by atoms with Gasteiger partial charge in [-0.3, -0.25) is 10.1 Å². The van der Waals surface area contributed by atoms with Crippen LogP contribution in [0.25, 0.3) is 11.3 Å². The Bertz CT molecular complexity index is 1080. The summed E-state index contributed by atoms with van der Waals surface area (Å²) in [6.07, 6.45) is -0.0592. The first-order valence-electron chi connectivity index (χ1n) is 9.59. The van der Waals surface area contributed by atoms with E-state index in [2.05, 4.69) is 22.5 Å². The molecule has 0 spiro atoms. The van der Waals surface area contributed by atoms with E-state index in [0.29, 0.717) is 10.8 Å². The summed E-state index contributed by atoms with van der Waals surface area (Å²) in [4.78, 5) is 39.9. The minimum Gasteiger partial charge on any atom is -0.449 e. The van der Waals surface area contributed by atoms with Crippen LogP contribution in [-0.4, -0.2) is 29.0 Å². The van der Waals surface area contributed by atoms with Gasteiger partial charge in [-0.15, -0.1) is 11.3 Å². The zero-order valence-corrected chi connectivity index (χ0v) is 17.9. The number of hydrogen-bond donors (Lipinski definition) is 3.